The van der Waals surface area contributed by atoms with E-state index in [0.29, 0.717) is 6.42 Å². The standard InChI is InChI=1S/C15H24N2O/c1-4-12(3)17(5-2)15(18)14(16)11-13-9-7-6-8-10-13/h6-10,12,14H,4-5,11,16H2,1-3H3/t12?,14-/m0/s1. The maximum absolute atomic E-state index is 12.3. The number of amides is 1. The highest BCUT2D eigenvalue weighted by Gasteiger charge is 2.23. The summed E-state index contributed by atoms with van der Waals surface area (Å²) in [5.74, 6) is 0.0516. The van der Waals surface area contributed by atoms with E-state index in [1.807, 2.05) is 42.2 Å². The number of hydrogen-bond donors (Lipinski definition) is 1. The average Bonchev–Trinajstić information content (AvgIpc) is 2.40. The second-order valence-electron chi connectivity index (χ2n) is 4.68. The number of carbonyl (C=O) groups excluding carboxylic acids is 1. The Kier molecular flexibility index (Phi) is 5.86. The van der Waals surface area contributed by atoms with Crippen molar-refractivity contribution in [2.24, 2.45) is 5.73 Å². The number of carbonyl (C=O) groups is 1. The van der Waals surface area contributed by atoms with Crippen molar-refractivity contribution < 1.29 is 4.79 Å². The maximum atomic E-state index is 12.3. The molecule has 1 aromatic carbocycles. The van der Waals surface area contributed by atoms with Crippen LogP contribution in [0.4, 0.5) is 0 Å². The monoisotopic (exact) mass is 248 g/mol. The van der Waals surface area contributed by atoms with Crippen LogP contribution in [0.3, 0.4) is 0 Å². The summed E-state index contributed by atoms with van der Waals surface area (Å²) in [6.07, 6.45) is 1.56. The normalized spacial score (nSPS) is 14.0. The third kappa shape index (κ3) is 3.84. The number of rotatable bonds is 6. The van der Waals surface area contributed by atoms with Crippen LogP contribution < -0.4 is 5.73 Å². The van der Waals surface area contributed by atoms with Gasteiger partial charge in [0, 0.05) is 12.6 Å². The molecule has 0 heterocycles. The van der Waals surface area contributed by atoms with Gasteiger partial charge in [0.1, 0.15) is 0 Å². The van der Waals surface area contributed by atoms with Crippen LogP contribution in [0.2, 0.25) is 0 Å². The van der Waals surface area contributed by atoms with E-state index >= 15 is 0 Å². The summed E-state index contributed by atoms with van der Waals surface area (Å²) in [5.41, 5.74) is 7.14. The predicted octanol–water partition coefficient (Wildman–Crippen LogP) is 2.20. The topological polar surface area (TPSA) is 46.3 Å². The number of likely N-dealkylation sites (N-methyl/N-ethyl adjacent to an activating group) is 1. The first kappa shape index (κ1) is 14.7. The third-order valence-corrected chi connectivity index (χ3v) is 3.36. The van der Waals surface area contributed by atoms with Gasteiger partial charge in [0.05, 0.1) is 6.04 Å². The van der Waals surface area contributed by atoms with Gasteiger partial charge in [0.15, 0.2) is 0 Å². The number of benzene rings is 1. The van der Waals surface area contributed by atoms with E-state index in [0.717, 1.165) is 18.5 Å². The zero-order valence-corrected chi connectivity index (χ0v) is 11.6. The van der Waals surface area contributed by atoms with Crippen molar-refractivity contribution in [1.82, 2.24) is 4.90 Å². The van der Waals surface area contributed by atoms with Gasteiger partial charge in [-0.15, -0.1) is 0 Å². The van der Waals surface area contributed by atoms with Gasteiger partial charge >= 0.3 is 0 Å². The zero-order valence-electron chi connectivity index (χ0n) is 11.6. The molecule has 0 aliphatic heterocycles. The maximum Gasteiger partial charge on any atom is 0.240 e. The van der Waals surface area contributed by atoms with Gasteiger partial charge in [-0.2, -0.15) is 0 Å². The molecular formula is C15H24N2O. The summed E-state index contributed by atoms with van der Waals surface area (Å²) in [6, 6.07) is 9.73. The Balaban J connectivity index is 2.65. The lowest BCUT2D eigenvalue weighted by molar-refractivity contribution is -0.134. The molecule has 2 atom stereocenters. The van der Waals surface area contributed by atoms with Crippen molar-refractivity contribution >= 4 is 5.91 Å². The van der Waals surface area contributed by atoms with E-state index in [2.05, 4.69) is 13.8 Å². The second kappa shape index (κ2) is 7.17. The molecule has 18 heavy (non-hydrogen) atoms. The molecular weight excluding hydrogens is 224 g/mol. The summed E-state index contributed by atoms with van der Waals surface area (Å²) in [4.78, 5) is 14.1. The van der Waals surface area contributed by atoms with Gasteiger partial charge in [-0.25, -0.2) is 0 Å². The summed E-state index contributed by atoms with van der Waals surface area (Å²) >= 11 is 0. The molecule has 0 fully saturated rings. The average molecular weight is 248 g/mol. The Morgan fingerprint density at radius 2 is 1.89 bits per heavy atom. The lowest BCUT2D eigenvalue weighted by Crippen LogP contribution is -2.48. The lowest BCUT2D eigenvalue weighted by Gasteiger charge is -2.29. The molecule has 1 amide bonds. The van der Waals surface area contributed by atoms with Crippen molar-refractivity contribution in [3.8, 4) is 0 Å². The van der Waals surface area contributed by atoms with Gasteiger partial charge in [-0.1, -0.05) is 37.3 Å². The van der Waals surface area contributed by atoms with Gasteiger partial charge in [0.2, 0.25) is 5.91 Å². The van der Waals surface area contributed by atoms with E-state index in [9.17, 15) is 4.79 Å². The highest BCUT2D eigenvalue weighted by molar-refractivity contribution is 5.82. The summed E-state index contributed by atoms with van der Waals surface area (Å²) in [6.45, 7) is 6.87. The number of hydrogen-bond acceptors (Lipinski definition) is 2. The van der Waals surface area contributed by atoms with E-state index in [-0.39, 0.29) is 11.9 Å². The molecule has 3 nitrogen and oxygen atoms in total. The van der Waals surface area contributed by atoms with Crippen molar-refractivity contribution in [3.63, 3.8) is 0 Å². The number of nitrogens with zero attached hydrogens (tertiary/aromatic N) is 1. The molecule has 0 aromatic heterocycles. The Bertz CT molecular complexity index is 364. The van der Waals surface area contributed by atoms with Crippen LogP contribution in [0.5, 0.6) is 0 Å². The highest BCUT2D eigenvalue weighted by Crippen LogP contribution is 2.08. The van der Waals surface area contributed by atoms with Crippen LogP contribution in [0, 0.1) is 0 Å². The molecule has 2 N–H and O–H groups in total. The molecule has 3 heteroatoms. The molecule has 100 valence electrons. The molecule has 0 radical (unpaired) electrons. The lowest BCUT2D eigenvalue weighted by atomic mass is 10.0. The minimum atomic E-state index is -0.443. The fourth-order valence-electron chi connectivity index (χ4n) is 2.07. The first-order valence-electron chi connectivity index (χ1n) is 6.70. The molecule has 0 saturated heterocycles. The molecule has 1 unspecified atom stereocenters. The third-order valence-electron chi connectivity index (χ3n) is 3.36. The van der Waals surface area contributed by atoms with E-state index in [1.54, 1.807) is 0 Å². The molecule has 1 aromatic rings. The highest BCUT2D eigenvalue weighted by atomic mass is 16.2. The van der Waals surface area contributed by atoms with Crippen LogP contribution in [-0.2, 0) is 11.2 Å². The van der Waals surface area contributed by atoms with Gasteiger partial charge in [-0.3, -0.25) is 4.79 Å². The molecule has 0 aliphatic carbocycles. The van der Waals surface area contributed by atoms with Crippen molar-refractivity contribution in [2.75, 3.05) is 6.54 Å². The predicted molar refractivity (Wildman–Crippen MR) is 75.3 cm³/mol. The van der Waals surface area contributed by atoms with Crippen molar-refractivity contribution in [1.29, 1.82) is 0 Å². The van der Waals surface area contributed by atoms with Crippen LogP contribution in [0.1, 0.15) is 32.8 Å². The van der Waals surface area contributed by atoms with Gasteiger partial charge in [0.25, 0.3) is 0 Å². The SMILES string of the molecule is CCC(C)N(CC)C(=O)[C@@H](N)Cc1ccccc1. The van der Waals surface area contributed by atoms with Crippen LogP contribution in [0.15, 0.2) is 30.3 Å². The van der Waals surface area contributed by atoms with E-state index < -0.39 is 6.04 Å². The van der Waals surface area contributed by atoms with Crippen LogP contribution in [-0.4, -0.2) is 29.4 Å². The summed E-state index contributed by atoms with van der Waals surface area (Å²) in [5, 5.41) is 0. The number of nitrogens with two attached hydrogens (primary N) is 1. The largest absolute Gasteiger partial charge is 0.339 e. The van der Waals surface area contributed by atoms with Gasteiger partial charge < -0.3 is 10.6 Å². The fourth-order valence-corrected chi connectivity index (χ4v) is 2.07. The Morgan fingerprint density at radius 1 is 1.28 bits per heavy atom. The van der Waals surface area contributed by atoms with Gasteiger partial charge in [-0.05, 0) is 32.3 Å². The van der Waals surface area contributed by atoms with Crippen LogP contribution in [0.25, 0.3) is 0 Å². The molecule has 0 aliphatic rings. The Morgan fingerprint density at radius 3 is 2.39 bits per heavy atom. The molecule has 0 spiro atoms. The summed E-state index contributed by atoms with van der Waals surface area (Å²) in [7, 11) is 0. The zero-order chi connectivity index (χ0) is 13.5. The van der Waals surface area contributed by atoms with Crippen molar-refractivity contribution in [2.45, 2.75) is 45.7 Å². The smallest absolute Gasteiger partial charge is 0.240 e. The minimum absolute atomic E-state index is 0.0516. The Hall–Kier alpha value is -1.35. The quantitative estimate of drug-likeness (QED) is 0.839. The second-order valence-corrected chi connectivity index (χ2v) is 4.68. The molecule has 1 rings (SSSR count). The first-order chi connectivity index (χ1) is 8.60. The fraction of sp³-hybridized carbons (Fsp3) is 0.533. The molecule has 0 bridgehead atoms. The Labute approximate surface area is 110 Å². The first-order valence-corrected chi connectivity index (χ1v) is 6.70. The van der Waals surface area contributed by atoms with E-state index in [4.69, 9.17) is 5.73 Å². The minimum Gasteiger partial charge on any atom is -0.339 e. The van der Waals surface area contributed by atoms with Crippen molar-refractivity contribution in [3.05, 3.63) is 35.9 Å². The van der Waals surface area contributed by atoms with E-state index in [1.165, 1.54) is 0 Å². The van der Waals surface area contributed by atoms with Crippen LogP contribution >= 0.6 is 0 Å². The summed E-state index contributed by atoms with van der Waals surface area (Å²) < 4.78 is 0. The molecule has 0 saturated carbocycles.